The van der Waals surface area contributed by atoms with E-state index in [4.69, 9.17) is 26.2 Å². The summed E-state index contributed by atoms with van der Waals surface area (Å²) in [5.74, 6) is -0.439. The van der Waals surface area contributed by atoms with E-state index >= 15 is 0 Å². The highest BCUT2D eigenvalue weighted by molar-refractivity contribution is 9.10. The quantitative estimate of drug-likeness (QED) is 0.131. The molecule has 1 aliphatic rings. The zero-order valence-corrected chi connectivity index (χ0v) is 28.8. The van der Waals surface area contributed by atoms with Crippen LogP contribution in [-0.2, 0) is 13.2 Å². The molecule has 6 rings (SSSR count). The van der Waals surface area contributed by atoms with E-state index in [-0.39, 0.29) is 17.5 Å². The molecule has 1 amide bonds. The van der Waals surface area contributed by atoms with Crippen molar-refractivity contribution >= 4 is 39.4 Å². The lowest BCUT2D eigenvalue weighted by Crippen LogP contribution is -2.45. The second-order valence-electron chi connectivity index (χ2n) is 11.4. The van der Waals surface area contributed by atoms with Gasteiger partial charge in [-0.3, -0.25) is 4.79 Å². The third kappa shape index (κ3) is 10.4. The summed E-state index contributed by atoms with van der Waals surface area (Å²) < 4.78 is 12.0. The number of ether oxygens (including phenoxy) is 2. The smallest absolute Gasteiger partial charge is 0.337 e. The van der Waals surface area contributed by atoms with Crippen molar-refractivity contribution in [3.63, 3.8) is 0 Å². The molecule has 0 unspecified atom stereocenters. The van der Waals surface area contributed by atoms with Crippen molar-refractivity contribution in [1.29, 1.82) is 0 Å². The van der Waals surface area contributed by atoms with E-state index in [1.165, 1.54) is 18.5 Å². The second-order valence-corrected chi connectivity index (χ2v) is 12.7. The summed E-state index contributed by atoms with van der Waals surface area (Å²) in [5.41, 5.74) is 4.16. The molecule has 49 heavy (non-hydrogen) atoms. The number of halogens is 2. The first-order valence-electron chi connectivity index (χ1n) is 15.7. The molecule has 0 spiro atoms. The molecule has 0 aliphatic heterocycles. The summed E-state index contributed by atoms with van der Waals surface area (Å²) in [6, 6.07) is 29.9. The van der Waals surface area contributed by atoms with Gasteiger partial charge in [0.2, 0.25) is 11.8 Å². The Morgan fingerprint density at radius 3 is 1.96 bits per heavy atom. The van der Waals surface area contributed by atoms with Crippen LogP contribution in [0, 0.1) is 0 Å². The van der Waals surface area contributed by atoms with Gasteiger partial charge in [0.1, 0.15) is 13.2 Å². The van der Waals surface area contributed by atoms with Gasteiger partial charge < -0.3 is 25.0 Å². The number of nitrogens with zero attached hydrogens (tertiary/aromatic N) is 2. The Bertz CT molecular complexity index is 1840. The Hall–Kier alpha value is -4.77. The predicted molar refractivity (Wildman–Crippen MR) is 191 cm³/mol. The van der Waals surface area contributed by atoms with E-state index < -0.39 is 12.1 Å². The van der Waals surface area contributed by atoms with Crippen LogP contribution in [0.1, 0.15) is 57.5 Å². The number of pyridine rings is 2. The molecule has 1 aliphatic carbocycles. The van der Waals surface area contributed by atoms with Crippen molar-refractivity contribution in [2.45, 2.75) is 51.0 Å². The maximum atomic E-state index is 12.9. The first-order valence-corrected chi connectivity index (χ1v) is 16.9. The number of benzene rings is 3. The van der Waals surface area contributed by atoms with E-state index in [0.29, 0.717) is 52.0 Å². The monoisotopic (exact) mass is 743 g/mol. The first kappa shape index (κ1) is 35.5. The number of hydrogen-bond donors (Lipinski definition) is 3. The predicted octanol–water partition coefficient (Wildman–Crippen LogP) is 8.14. The third-order valence-electron chi connectivity index (χ3n) is 7.81. The third-order valence-corrected chi connectivity index (χ3v) is 8.63. The molecule has 1 fully saturated rings. The number of aliphatic hydroxyl groups excluding tert-OH is 1. The standard InChI is InChI=1S/C25H25ClN2O3.C13H10BrNO3/c26-20-12-10-18(11-13-20)21-14-19(24(30)28-22-8-4-5-9-23(22)29)15-27-25(21)31-16-17-6-2-1-3-7-17;14-11-6-10(13(16)17)7-15-12(11)18-8-9-4-2-1-3-5-9/h1-3,6-7,10-15,22-23,29H,4-5,8-9,16H2,(H,28,30);1-7H,8H2,(H,16,17)/t22-,23-;/m1./s1. The molecule has 9 nitrogen and oxygen atoms in total. The minimum atomic E-state index is -1.02. The maximum Gasteiger partial charge on any atom is 0.337 e. The minimum absolute atomic E-state index is 0.119. The summed E-state index contributed by atoms with van der Waals surface area (Å²) in [4.78, 5) is 32.0. The zero-order chi connectivity index (χ0) is 34.6. The second kappa shape index (κ2) is 17.6. The van der Waals surface area contributed by atoms with Crippen molar-refractivity contribution in [3.05, 3.63) is 141 Å². The largest absolute Gasteiger partial charge is 0.478 e. The summed E-state index contributed by atoms with van der Waals surface area (Å²) in [7, 11) is 0. The Labute approximate surface area is 298 Å². The number of aromatic nitrogens is 2. The average molecular weight is 745 g/mol. The summed E-state index contributed by atoms with van der Waals surface area (Å²) in [6.07, 6.45) is 5.77. The molecule has 2 heterocycles. The topological polar surface area (TPSA) is 131 Å². The van der Waals surface area contributed by atoms with Gasteiger partial charge in [-0.15, -0.1) is 0 Å². The van der Waals surface area contributed by atoms with Crippen LogP contribution in [0.5, 0.6) is 11.8 Å². The molecule has 2 atom stereocenters. The molecule has 0 saturated heterocycles. The van der Waals surface area contributed by atoms with E-state index in [9.17, 15) is 14.7 Å². The van der Waals surface area contributed by atoms with Gasteiger partial charge >= 0.3 is 5.97 Å². The minimum Gasteiger partial charge on any atom is -0.478 e. The lowest BCUT2D eigenvalue weighted by Gasteiger charge is -2.28. The van der Waals surface area contributed by atoms with Gasteiger partial charge in [0, 0.05) is 23.0 Å². The Morgan fingerprint density at radius 2 is 1.37 bits per heavy atom. The van der Waals surface area contributed by atoms with Crippen molar-refractivity contribution in [2.75, 3.05) is 0 Å². The number of carbonyl (C=O) groups excluding carboxylic acids is 1. The number of nitrogens with one attached hydrogen (secondary N) is 1. The SMILES string of the molecule is O=C(N[C@@H]1CCCC[C@H]1O)c1cnc(OCc2ccccc2)c(-c2ccc(Cl)cc2)c1.O=C(O)c1cnc(OCc2ccccc2)c(Br)c1. The first-order chi connectivity index (χ1) is 23.8. The molecule has 5 aromatic rings. The molecule has 2 aromatic heterocycles. The number of amides is 1. The molecule has 3 aromatic carbocycles. The summed E-state index contributed by atoms with van der Waals surface area (Å²) >= 11 is 9.29. The normalized spacial score (nSPS) is 15.3. The van der Waals surface area contributed by atoms with E-state index in [1.807, 2.05) is 72.8 Å². The highest BCUT2D eigenvalue weighted by atomic mass is 79.9. The molecule has 0 radical (unpaired) electrons. The zero-order valence-electron chi connectivity index (χ0n) is 26.5. The van der Waals surface area contributed by atoms with Gasteiger partial charge in [0.15, 0.2) is 0 Å². The van der Waals surface area contributed by atoms with Crippen molar-refractivity contribution in [2.24, 2.45) is 0 Å². The van der Waals surface area contributed by atoms with E-state index in [0.717, 1.165) is 36.0 Å². The van der Waals surface area contributed by atoms with Crippen LogP contribution in [0.3, 0.4) is 0 Å². The fraction of sp³-hybridized carbons (Fsp3) is 0.211. The van der Waals surface area contributed by atoms with Crippen LogP contribution in [-0.4, -0.2) is 44.2 Å². The molecule has 0 bridgehead atoms. The summed E-state index contributed by atoms with van der Waals surface area (Å²) in [6.45, 7) is 0.757. The van der Waals surface area contributed by atoms with Gasteiger partial charge in [-0.2, -0.15) is 0 Å². The fourth-order valence-electron chi connectivity index (χ4n) is 5.16. The number of hydrogen-bond acceptors (Lipinski definition) is 7. The number of carboxylic acid groups (broad SMARTS) is 1. The molecular weight excluding hydrogens is 710 g/mol. The van der Waals surface area contributed by atoms with Crippen molar-refractivity contribution in [3.8, 4) is 22.9 Å². The molecule has 1 saturated carbocycles. The Balaban J connectivity index is 0.000000221. The van der Waals surface area contributed by atoms with Gasteiger partial charge in [-0.05, 0) is 69.7 Å². The van der Waals surface area contributed by atoms with Crippen LogP contribution >= 0.6 is 27.5 Å². The Morgan fingerprint density at radius 1 is 0.796 bits per heavy atom. The lowest BCUT2D eigenvalue weighted by molar-refractivity contribution is 0.0695. The molecule has 11 heteroatoms. The number of aliphatic hydroxyl groups is 1. The van der Waals surface area contributed by atoms with Crippen molar-refractivity contribution < 1.29 is 29.3 Å². The average Bonchev–Trinajstić information content (AvgIpc) is 3.12. The van der Waals surface area contributed by atoms with Crippen LogP contribution < -0.4 is 14.8 Å². The van der Waals surface area contributed by atoms with E-state index in [1.54, 1.807) is 18.2 Å². The van der Waals surface area contributed by atoms with Crippen LogP contribution in [0.2, 0.25) is 5.02 Å². The molecule has 252 valence electrons. The Kier molecular flexibility index (Phi) is 12.7. The highest BCUT2D eigenvalue weighted by Crippen LogP contribution is 2.31. The molecular formula is C38H35BrClN3O6. The highest BCUT2D eigenvalue weighted by Gasteiger charge is 2.25. The van der Waals surface area contributed by atoms with Crippen LogP contribution in [0.25, 0.3) is 11.1 Å². The van der Waals surface area contributed by atoms with E-state index in [2.05, 4.69) is 31.2 Å². The van der Waals surface area contributed by atoms with Gasteiger partial charge in [0.25, 0.3) is 5.91 Å². The lowest BCUT2D eigenvalue weighted by atomic mass is 9.92. The summed E-state index contributed by atoms with van der Waals surface area (Å²) in [5, 5.41) is 22.6. The van der Waals surface area contributed by atoms with Crippen LogP contribution in [0.15, 0.2) is 114 Å². The number of aromatic carboxylic acids is 1. The number of rotatable bonds is 10. The fourth-order valence-corrected chi connectivity index (χ4v) is 5.75. The number of carbonyl (C=O) groups is 2. The van der Waals surface area contributed by atoms with Gasteiger partial charge in [-0.1, -0.05) is 97.2 Å². The van der Waals surface area contributed by atoms with Crippen LogP contribution in [0.4, 0.5) is 0 Å². The van der Waals surface area contributed by atoms with Gasteiger partial charge in [0.05, 0.1) is 27.7 Å². The molecule has 3 N–H and O–H groups in total. The van der Waals surface area contributed by atoms with Gasteiger partial charge in [-0.25, -0.2) is 14.8 Å². The van der Waals surface area contributed by atoms with Crippen molar-refractivity contribution in [1.82, 2.24) is 15.3 Å². The number of carboxylic acids is 1. The maximum absolute atomic E-state index is 12.9.